The standard InChI is InChI=1S/C15H23ClN2O/c1-10-12(16)6-5-7-13(10)18-14(19)8-11(17)9-15(2,3)4/h5-7,11H,8-9,17H2,1-4H3,(H,18,19). The fourth-order valence-corrected chi connectivity index (χ4v) is 2.22. The summed E-state index contributed by atoms with van der Waals surface area (Å²) in [6, 6.07) is 5.34. The molecular formula is C15H23ClN2O. The summed E-state index contributed by atoms with van der Waals surface area (Å²) in [6.45, 7) is 8.23. The first kappa shape index (κ1) is 16.0. The third-order valence-electron chi connectivity index (χ3n) is 2.86. The van der Waals surface area contributed by atoms with Crippen LogP contribution in [0.5, 0.6) is 0 Å². The molecule has 1 atom stereocenters. The number of benzene rings is 1. The molecule has 4 heteroatoms. The highest BCUT2D eigenvalue weighted by atomic mass is 35.5. The van der Waals surface area contributed by atoms with Crippen molar-refractivity contribution >= 4 is 23.2 Å². The van der Waals surface area contributed by atoms with Crippen molar-refractivity contribution in [2.24, 2.45) is 11.1 Å². The van der Waals surface area contributed by atoms with Crippen molar-refractivity contribution in [2.75, 3.05) is 5.32 Å². The van der Waals surface area contributed by atoms with Crippen LogP contribution in [-0.2, 0) is 4.79 Å². The first-order valence-electron chi connectivity index (χ1n) is 6.49. The number of hydrogen-bond acceptors (Lipinski definition) is 2. The van der Waals surface area contributed by atoms with E-state index in [1.165, 1.54) is 0 Å². The van der Waals surface area contributed by atoms with E-state index in [0.717, 1.165) is 17.7 Å². The van der Waals surface area contributed by atoms with Gasteiger partial charge in [0.2, 0.25) is 5.91 Å². The third-order valence-corrected chi connectivity index (χ3v) is 3.27. The number of nitrogens with two attached hydrogens (primary N) is 1. The van der Waals surface area contributed by atoms with Crippen LogP contribution in [-0.4, -0.2) is 11.9 Å². The van der Waals surface area contributed by atoms with E-state index < -0.39 is 0 Å². The molecule has 19 heavy (non-hydrogen) atoms. The minimum Gasteiger partial charge on any atom is -0.327 e. The summed E-state index contributed by atoms with van der Waals surface area (Å²) in [7, 11) is 0. The number of nitrogens with one attached hydrogen (secondary N) is 1. The average Bonchev–Trinajstić information content (AvgIpc) is 2.21. The lowest BCUT2D eigenvalue weighted by molar-refractivity contribution is -0.116. The second-order valence-electron chi connectivity index (χ2n) is 6.19. The van der Waals surface area contributed by atoms with Crippen molar-refractivity contribution in [3.63, 3.8) is 0 Å². The van der Waals surface area contributed by atoms with E-state index in [0.29, 0.717) is 11.4 Å². The van der Waals surface area contributed by atoms with Crippen molar-refractivity contribution < 1.29 is 4.79 Å². The van der Waals surface area contributed by atoms with Crippen LogP contribution in [0.3, 0.4) is 0 Å². The number of carbonyl (C=O) groups is 1. The maximum absolute atomic E-state index is 11.9. The van der Waals surface area contributed by atoms with Crippen LogP contribution < -0.4 is 11.1 Å². The van der Waals surface area contributed by atoms with Gasteiger partial charge in [0.25, 0.3) is 0 Å². The zero-order chi connectivity index (χ0) is 14.6. The Kier molecular flexibility index (Phi) is 5.39. The molecule has 1 unspecified atom stereocenters. The van der Waals surface area contributed by atoms with Crippen LogP contribution in [0.4, 0.5) is 5.69 Å². The normalized spacial score (nSPS) is 13.2. The Hall–Kier alpha value is -1.06. The Balaban J connectivity index is 2.58. The van der Waals surface area contributed by atoms with Crippen LogP contribution >= 0.6 is 11.6 Å². The lowest BCUT2D eigenvalue weighted by Gasteiger charge is -2.22. The molecule has 0 aliphatic heterocycles. The van der Waals surface area contributed by atoms with Gasteiger partial charge in [-0.15, -0.1) is 0 Å². The summed E-state index contributed by atoms with van der Waals surface area (Å²) in [4.78, 5) is 11.9. The highest BCUT2D eigenvalue weighted by Crippen LogP contribution is 2.24. The summed E-state index contributed by atoms with van der Waals surface area (Å²) < 4.78 is 0. The number of anilines is 1. The van der Waals surface area contributed by atoms with Crippen molar-refractivity contribution in [3.05, 3.63) is 28.8 Å². The van der Waals surface area contributed by atoms with Gasteiger partial charge in [-0.3, -0.25) is 4.79 Å². The van der Waals surface area contributed by atoms with Gasteiger partial charge in [0.15, 0.2) is 0 Å². The van der Waals surface area contributed by atoms with E-state index in [1.54, 1.807) is 6.07 Å². The largest absolute Gasteiger partial charge is 0.327 e. The van der Waals surface area contributed by atoms with Gasteiger partial charge in [-0.1, -0.05) is 38.4 Å². The molecule has 1 amide bonds. The molecule has 0 spiro atoms. The van der Waals surface area contributed by atoms with Crippen LogP contribution in [0.25, 0.3) is 0 Å². The number of carbonyl (C=O) groups excluding carboxylic acids is 1. The van der Waals surface area contributed by atoms with Crippen LogP contribution in [0.15, 0.2) is 18.2 Å². The summed E-state index contributed by atoms with van der Waals surface area (Å²) in [5, 5.41) is 3.51. The fourth-order valence-electron chi connectivity index (χ4n) is 2.04. The molecule has 1 aromatic rings. The Morgan fingerprint density at radius 3 is 2.63 bits per heavy atom. The van der Waals surface area contributed by atoms with Crippen LogP contribution in [0, 0.1) is 12.3 Å². The Bertz CT molecular complexity index is 452. The molecule has 0 fully saturated rings. The minimum atomic E-state index is -0.125. The molecule has 3 N–H and O–H groups in total. The summed E-state index contributed by atoms with van der Waals surface area (Å²) in [5.74, 6) is -0.0675. The van der Waals surface area contributed by atoms with Crippen molar-refractivity contribution in [1.82, 2.24) is 0 Å². The zero-order valence-corrected chi connectivity index (χ0v) is 12.8. The minimum absolute atomic E-state index is 0.0675. The topological polar surface area (TPSA) is 55.1 Å². The Labute approximate surface area is 120 Å². The first-order chi connectivity index (χ1) is 8.69. The van der Waals surface area contributed by atoms with Crippen LogP contribution in [0.1, 0.15) is 39.2 Å². The van der Waals surface area contributed by atoms with E-state index in [2.05, 4.69) is 26.1 Å². The number of hydrogen-bond donors (Lipinski definition) is 2. The second-order valence-corrected chi connectivity index (χ2v) is 6.60. The van der Waals surface area contributed by atoms with Gasteiger partial charge in [-0.05, 0) is 36.5 Å². The number of amides is 1. The van der Waals surface area contributed by atoms with Gasteiger partial charge < -0.3 is 11.1 Å². The highest BCUT2D eigenvalue weighted by Gasteiger charge is 2.18. The predicted molar refractivity (Wildman–Crippen MR) is 81.5 cm³/mol. The van der Waals surface area contributed by atoms with Crippen molar-refractivity contribution in [1.29, 1.82) is 0 Å². The SMILES string of the molecule is Cc1c(Cl)cccc1NC(=O)CC(N)CC(C)(C)C. The van der Waals surface area contributed by atoms with E-state index in [4.69, 9.17) is 17.3 Å². The average molecular weight is 283 g/mol. The van der Waals surface area contributed by atoms with Crippen molar-refractivity contribution in [2.45, 2.75) is 46.6 Å². The summed E-state index contributed by atoms with van der Waals surface area (Å²) in [5.41, 5.74) is 7.75. The molecule has 1 rings (SSSR count). The van der Waals surface area contributed by atoms with Crippen LogP contribution in [0.2, 0.25) is 5.02 Å². The predicted octanol–water partition coefficient (Wildman–Crippen LogP) is 3.74. The second kappa shape index (κ2) is 6.40. The molecule has 0 aliphatic rings. The van der Waals surface area contributed by atoms with Gasteiger partial charge in [0.05, 0.1) is 0 Å². The maximum atomic E-state index is 11.9. The van der Waals surface area contributed by atoms with Gasteiger partial charge >= 0.3 is 0 Å². The van der Waals surface area contributed by atoms with Gasteiger partial charge in [0.1, 0.15) is 0 Å². The summed E-state index contributed by atoms with van der Waals surface area (Å²) in [6.07, 6.45) is 1.14. The molecule has 106 valence electrons. The smallest absolute Gasteiger partial charge is 0.225 e. The number of halogens is 1. The first-order valence-corrected chi connectivity index (χ1v) is 6.87. The molecule has 0 saturated carbocycles. The van der Waals surface area contributed by atoms with Gasteiger partial charge in [0, 0.05) is 23.2 Å². The van der Waals surface area contributed by atoms with Crippen molar-refractivity contribution in [3.8, 4) is 0 Å². The van der Waals surface area contributed by atoms with E-state index >= 15 is 0 Å². The molecular weight excluding hydrogens is 260 g/mol. The molecule has 0 heterocycles. The van der Waals surface area contributed by atoms with Gasteiger partial charge in [-0.2, -0.15) is 0 Å². The molecule has 0 bridgehead atoms. The highest BCUT2D eigenvalue weighted by molar-refractivity contribution is 6.31. The summed E-state index contributed by atoms with van der Waals surface area (Å²) >= 11 is 6.01. The monoisotopic (exact) mass is 282 g/mol. The maximum Gasteiger partial charge on any atom is 0.225 e. The molecule has 0 saturated heterocycles. The third kappa shape index (κ3) is 5.62. The molecule has 0 radical (unpaired) electrons. The lowest BCUT2D eigenvalue weighted by Crippen LogP contribution is -2.31. The van der Waals surface area contributed by atoms with Gasteiger partial charge in [-0.25, -0.2) is 0 Å². The molecule has 1 aromatic carbocycles. The van der Waals surface area contributed by atoms with E-state index in [-0.39, 0.29) is 17.4 Å². The fraction of sp³-hybridized carbons (Fsp3) is 0.533. The Morgan fingerprint density at radius 2 is 2.05 bits per heavy atom. The zero-order valence-electron chi connectivity index (χ0n) is 12.1. The van der Waals surface area contributed by atoms with E-state index in [9.17, 15) is 4.79 Å². The van der Waals surface area contributed by atoms with E-state index in [1.807, 2.05) is 19.1 Å². The molecule has 0 aliphatic carbocycles. The quantitative estimate of drug-likeness (QED) is 0.884. The molecule has 0 aromatic heterocycles. The molecule has 3 nitrogen and oxygen atoms in total. The lowest BCUT2D eigenvalue weighted by atomic mass is 9.87. The Morgan fingerprint density at radius 1 is 1.42 bits per heavy atom. The number of rotatable bonds is 4.